The van der Waals surface area contributed by atoms with Crippen LogP contribution in [0.2, 0.25) is 10.0 Å². The molecule has 0 aliphatic carbocycles. The normalized spacial score (nSPS) is 10.8. The first-order chi connectivity index (χ1) is 7.58. The van der Waals surface area contributed by atoms with Crippen LogP contribution in [0, 0.1) is 11.3 Å². The third-order valence-electron chi connectivity index (χ3n) is 1.85. The van der Waals surface area contributed by atoms with Crippen LogP contribution in [0.5, 0.6) is 0 Å². The van der Waals surface area contributed by atoms with Crippen LogP contribution in [0.3, 0.4) is 0 Å². The van der Waals surface area contributed by atoms with Gasteiger partial charge in [0, 0.05) is 7.05 Å². The Morgan fingerprint density at radius 2 is 2.12 bits per heavy atom. The van der Waals surface area contributed by atoms with Gasteiger partial charge >= 0.3 is 0 Å². The van der Waals surface area contributed by atoms with Crippen LogP contribution in [0.1, 0.15) is 5.56 Å². The van der Waals surface area contributed by atoms with Gasteiger partial charge in [0.25, 0.3) is 5.91 Å². The van der Waals surface area contributed by atoms with Crippen LogP contribution in [0.25, 0.3) is 6.08 Å². The predicted molar refractivity (Wildman–Crippen MR) is 64.1 cm³/mol. The van der Waals surface area contributed by atoms with Crippen LogP contribution >= 0.6 is 23.2 Å². The van der Waals surface area contributed by atoms with Gasteiger partial charge in [-0.05, 0) is 23.8 Å². The molecule has 0 bridgehead atoms. The summed E-state index contributed by atoms with van der Waals surface area (Å²) in [5.41, 5.74) is 0.662. The van der Waals surface area contributed by atoms with Gasteiger partial charge in [0.2, 0.25) is 0 Å². The van der Waals surface area contributed by atoms with E-state index in [1.54, 1.807) is 18.2 Å². The summed E-state index contributed by atoms with van der Waals surface area (Å²) in [5.74, 6) is -0.437. The highest BCUT2D eigenvalue weighted by Crippen LogP contribution is 2.23. The molecule has 0 atom stereocenters. The second-order valence-corrected chi connectivity index (χ2v) is 3.74. The van der Waals surface area contributed by atoms with Crippen LogP contribution in [-0.4, -0.2) is 13.0 Å². The lowest BCUT2D eigenvalue weighted by Crippen LogP contribution is -2.19. The van der Waals surface area contributed by atoms with Crippen molar-refractivity contribution in [2.75, 3.05) is 7.05 Å². The molecule has 0 heterocycles. The molecular formula is C11H8Cl2N2O. The Morgan fingerprint density at radius 1 is 1.44 bits per heavy atom. The van der Waals surface area contributed by atoms with Gasteiger partial charge in [0.05, 0.1) is 10.0 Å². The summed E-state index contributed by atoms with van der Waals surface area (Å²) < 4.78 is 0. The van der Waals surface area contributed by atoms with Gasteiger partial charge in [-0.15, -0.1) is 0 Å². The Bertz CT molecular complexity index is 489. The SMILES string of the molecule is CNC(=O)/C(C#N)=C\c1ccc(Cl)c(Cl)c1. The van der Waals surface area contributed by atoms with Gasteiger partial charge in [-0.3, -0.25) is 4.79 Å². The van der Waals surface area contributed by atoms with Crippen LogP contribution < -0.4 is 5.32 Å². The fourth-order valence-electron chi connectivity index (χ4n) is 1.05. The largest absolute Gasteiger partial charge is 0.354 e. The fraction of sp³-hybridized carbons (Fsp3) is 0.0909. The van der Waals surface area contributed by atoms with E-state index in [9.17, 15) is 4.79 Å². The number of halogens is 2. The van der Waals surface area contributed by atoms with E-state index in [1.165, 1.54) is 13.1 Å². The molecule has 1 N–H and O–H groups in total. The van der Waals surface area contributed by atoms with E-state index in [1.807, 2.05) is 6.07 Å². The third-order valence-corrected chi connectivity index (χ3v) is 2.59. The molecule has 1 rings (SSSR count). The van der Waals surface area contributed by atoms with Gasteiger partial charge < -0.3 is 5.32 Å². The van der Waals surface area contributed by atoms with Gasteiger partial charge in [-0.25, -0.2) is 0 Å². The Hall–Kier alpha value is -1.50. The molecule has 0 aromatic heterocycles. The molecule has 0 aliphatic heterocycles. The van der Waals surface area contributed by atoms with Crippen molar-refractivity contribution in [3.05, 3.63) is 39.4 Å². The maximum Gasteiger partial charge on any atom is 0.261 e. The standard InChI is InChI=1S/C11H8Cl2N2O/c1-15-11(16)8(6-14)4-7-2-3-9(12)10(13)5-7/h2-5H,1H3,(H,15,16)/b8-4-. The molecule has 3 nitrogen and oxygen atoms in total. The highest BCUT2D eigenvalue weighted by Gasteiger charge is 2.06. The number of hydrogen-bond donors (Lipinski definition) is 1. The molecule has 1 amide bonds. The third kappa shape index (κ3) is 2.99. The lowest BCUT2D eigenvalue weighted by Gasteiger charge is -1.99. The van der Waals surface area contributed by atoms with E-state index in [0.717, 1.165) is 0 Å². The minimum Gasteiger partial charge on any atom is -0.354 e. The van der Waals surface area contributed by atoms with E-state index < -0.39 is 5.91 Å². The summed E-state index contributed by atoms with van der Waals surface area (Å²) in [5, 5.41) is 12.0. The summed E-state index contributed by atoms with van der Waals surface area (Å²) in [6.45, 7) is 0. The molecule has 0 saturated heterocycles. The first-order valence-corrected chi connectivity index (χ1v) is 5.13. The van der Waals surface area contributed by atoms with Crippen molar-refractivity contribution in [1.29, 1.82) is 5.26 Å². The van der Waals surface area contributed by atoms with E-state index in [0.29, 0.717) is 15.6 Å². The number of nitrogens with zero attached hydrogens (tertiary/aromatic N) is 1. The van der Waals surface area contributed by atoms with Crippen molar-refractivity contribution in [2.45, 2.75) is 0 Å². The number of nitriles is 1. The van der Waals surface area contributed by atoms with Crippen LogP contribution in [0.15, 0.2) is 23.8 Å². The zero-order valence-corrected chi connectivity index (χ0v) is 9.93. The molecule has 16 heavy (non-hydrogen) atoms. The van der Waals surface area contributed by atoms with Gasteiger partial charge in [-0.1, -0.05) is 29.3 Å². The zero-order chi connectivity index (χ0) is 12.1. The number of nitrogens with one attached hydrogen (secondary N) is 1. The highest BCUT2D eigenvalue weighted by molar-refractivity contribution is 6.42. The molecule has 0 spiro atoms. The second kappa shape index (κ2) is 5.55. The van der Waals surface area contributed by atoms with E-state index in [4.69, 9.17) is 28.5 Å². The Morgan fingerprint density at radius 3 is 2.62 bits per heavy atom. The van der Waals surface area contributed by atoms with Crippen LogP contribution in [0.4, 0.5) is 0 Å². The molecule has 5 heteroatoms. The fourth-order valence-corrected chi connectivity index (χ4v) is 1.36. The van der Waals surface area contributed by atoms with Crippen molar-refractivity contribution >= 4 is 35.2 Å². The van der Waals surface area contributed by atoms with E-state index in [-0.39, 0.29) is 5.57 Å². The van der Waals surface area contributed by atoms with Gasteiger partial charge in [0.15, 0.2) is 0 Å². The smallest absolute Gasteiger partial charge is 0.261 e. The van der Waals surface area contributed by atoms with E-state index >= 15 is 0 Å². The predicted octanol–water partition coefficient (Wildman–Crippen LogP) is 2.65. The van der Waals surface area contributed by atoms with E-state index in [2.05, 4.69) is 5.32 Å². The average Bonchev–Trinajstić information content (AvgIpc) is 2.29. The molecule has 0 radical (unpaired) electrons. The number of amides is 1. The summed E-state index contributed by atoms with van der Waals surface area (Å²) in [4.78, 5) is 11.2. The molecule has 0 fully saturated rings. The molecule has 0 aliphatic rings. The molecular weight excluding hydrogens is 247 g/mol. The van der Waals surface area contributed by atoms with Gasteiger partial charge in [0.1, 0.15) is 11.6 Å². The maximum atomic E-state index is 11.2. The second-order valence-electron chi connectivity index (χ2n) is 2.92. The average molecular weight is 255 g/mol. The Kier molecular flexibility index (Phi) is 4.36. The van der Waals surface area contributed by atoms with Crippen molar-refractivity contribution in [3.8, 4) is 6.07 Å². The Balaban J connectivity index is 3.10. The molecule has 0 saturated carbocycles. The molecule has 1 aromatic rings. The van der Waals surface area contributed by atoms with Crippen molar-refractivity contribution < 1.29 is 4.79 Å². The minimum atomic E-state index is -0.437. The monoisotopic (exact) mass is 254 g/mol. The first-order valence-electron chi connectivity index (χ1n) is 4.37. The molecule has 82 valence electrons. The summed E-state index contributed by atoms with van der Waals surface area (Å²) in [6.07, 6.45) is 1.45. The number of carbonyl (C=O) groups is 1. The zero-order valence-electron chi connectivity index (χ0n) is 8.42. The van der Waals surface area contributed by atoms with Crippen molar-refractivity contribution in [1.82, 2.24) is 5.32 Å². The number of benzene rings is 1. The number of rotatable bonds is 2. The first kappa shape index (κ1) is 12.6. The van der Waals surface area contributed by atoms with Crippen LogP contribution in [-0.2, 0) is 4.79 Å². The lowest BCUT2D eigenvalue weighted by molar-refractivity contribution is -0.116. The summed E-state index contributed by atoms with van der Waals surface area (Å²) >= 11 is 11.6. The molecule has 1 aromatic carbocycles. The molecule has 0 unspecified atom stereocenters. The Labute approximate surface area is 103 Å². The van der Waals surface area contributed by atoms with Gasteiger partial charge in [-0.2, -0.15) is 5.26 Å². The number of carbonyl (C=O) groups excluding carboxylic acids is 1. The number of hydrogen-bond acceptors (Lipinski definition) is 2. The maximum absolute atomic E-state index is 11.2. The lowest BCUT2D eigenvalue weighted by atomic mass is 10.1. The quantitative estimate of drug-likeness (QED) is 0.652. The van der Waals surface area contributed by atoms with Crippen molar-refractivity contribution in [2.24, 2.45) is 0 Å². The number of likely N-dealkylation sites (N-methyl/N-ethyl adjacent to an activating group) is 1. The minimum absolute atomic E-state index is 0.0147. The topological polar surface area (TPSA) is 52.9 Å². The summed E-state index contributed by atoms with van der Waals surface area (Å²) in [6, 6.07) is 6.68. The van der Waals surface area contributed by atoms with Crippen molar-refractivity contribution in [3.63, 3.8) is 0 Å². The summed E-state index contributed by atoms with van der Waals surface area (Å²) in [7, 11) is 1.46. The highest BCUT2D eigenvalue weighted by atomic mass is 35.5.